The Morgan fingerprint density at radius 2 is 2.05 bits per heavy atom. The van der Waals surface area contributed by atoms with Crippen LogP contribution in [0.1, 0.15) is 42.1 Å². The summed E-state index contributed by atoms with van der Waals surface area (Å²) < 4.78 is 0. The van der Waals surface area contributed by atoms with E-state index >= 15 is 0 Å². The molecule has 1 amide bonds. The maximum atomic E-state index is 12.2. The molecular formula is C17H23NOS. The zero-order chi connectivity index (χ0) is 13.9. The van der Waals surface area contributed by atoms with Crippen LogP contribution in [0.25, 0.3) is 0 Å². The van der Waals surface area contributed by atoms with Gasteiger partial charge in [0.05, 0.1) is 0 Å². The highest BCUT2D eigenvalue weighted by Crippen LogP contribution is 2.37. The molecule has 3 rings (SSSR count). The third-order valence-corrected chi connectivity index (χ3v) is 5.70. The first kappa shape index (κ1) is 14.0. The van der Waals surface area contributed by atoms with Crippen molar-refractivity contribution >= 4 is 17.7 Å². The molecule has 1 saturated heterocycles. The number of hydrogen-bond donors (Lipinski definition) is 0. The molecule has 1 heterocycles. The van der Waals surface area contributed by atoms with Crippen molar-refractivity contribution in [2.75, 3.05) is 18.8 Å². The fourth-order valence-electron chi connectivity index (χ4n) is 2.91. The minimum atomic E-state index is 0.388. The van der Waals surface area contributed by atoms with Gasteiger partial charge in [-0.1, -0.05) is 24.3 Å². The fourth-order valence-corrected chi connectivity index (χ4v) is 4.24. The number of thioether (sulfide) groups is 1. The summed E-state index contributed by atoms with van der Waals surface area (Å²) in [5.74, 6) is 2.15. The van der Waals surface area contributed by atoms with Crippen molar-refractivity contribution in [3.05, 3.63) is 35.4 Å². The van der Waals surface area contributed by atoms with Gasteiger partial charge in [0.25, 0.3) is 0 Å². The highest BCUT2D eigenvalue weighted by molar-refractivity contribution is 7.99. The minimum Gasteiger partial charge on any atom is -0.342 e. The molecule has 0 bridgehead atoms. The van der Waals surface area contributed by atoms with Crippen molar-refractivity contribution < 1.29 is 4.79 Å². The first-order valence-corrected chi connectivity index (χ1v) is 8.74. The van der Waals surface area contributed by atoms with E-state index in [9.17, 15) is 4.79 Å². The second kappa shape index (κ2) is 6.21. The summed E-state index contributed by atoms with van der Waals surface area (Å²) >= 11 is 2.01. The molecule has 1 atom stereocenters. The van der Waals surface area contributed by atoms with Crippen molar-refractivity contribution in [2.45, 2.75) is 37.9 Å². The average molecular weight is 289 g/mol. The van der Waals surface area contributed by atoms with E-state index in [1.807, 2.05) is 11.8 Å². The van der Waals surface area contributed by atoms with Gasteiger partial charge in [-0.05, 0) is 43.2 Å². The van der Waals surface area contributed by atoms with E-state index in [0.717, 1.165) is 31.7 Å². The molecule has 0 spiro atoms. The van der Waals surface area contributed by atoms with Gasteiger partial charge < -0.3 is 4.90 Å². The maximum absolute atomic E-state index is 12.2. The highest BCUT2D eigenvalue weighted by atomic mass is 32.2. The van der Waals surface area contributed by atoms with Crippen LogP contribution in [0.2, 0.25) is 0 Å². The molecule has 2 aliphatic rings. The molecule has 1 aromatic rings. The van der Waals surface area contributed by atoms with Crippen LogP contribution < -0.4 is 0 Å². The highest BCUT2D eigenvalue weighted by Gasteiger charge is 2.28. The van der Waals surface area contributed by atoms with Gasteiger partial charge in [-0.2, -0.15) is 11.8 Å². The number of rotatable bonds is 3. The predicted molar refractivity (Wildman–Crippen MR) is 84.9 cm³/mol. The van der Waals surface area contributed by atoms with Gasteiger partial charge in [0.2, 0.25) is 5.91 Å². The molecule has 3 heteroatoms. The third-order valence-electron chi connectivity index (χ3n) is 4.39. The Hall–Kier alpha value is -0.960. The number of aryl methyl sites for hydroxylation is 1. The quantitative estimate of drug-likeness (QED) is 0.843. The SMILES string of the molecule is Cc1ccccc1C1CCN(C(=O)CC2CC2)CCS1. The van der Waals surface area contributed by atoms with Crippen LogP contribution in [0.15, 0.2) is 24.3 Å². The summed E-state index contributed by atoms with van der Waals surface area (Å²) in [4.78, 5) is 14.3. The zero-order valence-electron chi connectivity index (χ0n) is 12.2. The number of benzene rings is 1. The van der Waals surface area contributed by atoms with Crippen LogP contribution in [0, 0.1) is 12.8 Å². The second-order valence-corrected chi connectivity index (χ2v) is 7.34. The monoisotopic (exact) mass is 289 g/mol. The van der Waals surface area contributed by atoms with Gasteiger partial charge in [0, 0.05) is 30.5 Å². The zero-order valence-corrected chi connectivity index (χ0v) is 13.0. The smallest absolute Gasteiger partial charge is 0.222 e. The molecule has 1 unspecified atom stereocenters. The van der Waals surface area contributed by atoms with E-state index < -0.39 is 0 Å². The third kappa shape index (κ3) is 3.38. The molecule has 1 aliphatic heterocycles. The van der Waals surface area contributed by atoms with Gasteiger partial charge in [-0.25, -0.2) is 0 Å². The molecule has 1 aromatic carbocycles. The summed E-state index contributed by atoms with van der Waals surface area (Å²) in [5, 5.41) is 0.551. The fraction of sp³-hybridized carbons (Fsp3) is 0.588. The molecule has 108 valence electrons. The van der Waals surface area contributed by atoms with Crippen LogP contribution >= 0.6 is 11.8 Å². The Morgan fingerprint density at radius 3 is 2.80 bits per heavy atom. The number of carbonyl (C=O) groups excluding carboxylic acids is 1. The van der Waals surface area contributed by atoms with Crippen molar-refractivity contribution in [1.29, 1.82) is 0 Å². The van der Waals surface area contributed by atoms with Crippen LogP contribution in [0.3, 0.4) is 0 Å². The molecule has 2 nitrogen and oxygen atoms in total. The Bertz CT molecular complexity index is 484. The van der Waals surface area contributed by atoms with Crippen LogP contribution in [-0.4, -0.2) is 29.6 Å². The van der Waals surface area contributed by atoms with E-state index in [2.05, 4.69) is 36.1 Å². The van der Waals surface area contributed by atoms with Gasteiger partial charge in [0.1, 0.15) is 0 Å². The number of amides is 1. The van der Waals surface area contributed by atoms with Crippen LogP contribution in [-0.2, 0) is 4.79 Å². The summed E-state index contributed by atoms with van der Waals surface area (Å²) in [7, 11) is 0. The van der Waals surface area contributed by atoms with E-state index in [1.54, 1.807) is 0 Å². The first-order valence-electron chi connectivity index (χ1n) is 7.69. The summed E-state index contributed by atoms with van der Waals surface area (Å²) in [6.07, 6.45) is 4.41. The predicted octanol–water partition coefficient (Wildman–Crippen LogP) is 3.80. The Morgan fingerprint density at radius 1 is 1.25 bits per heavy atom. The van der Waals surface area contributed by atoms with E-state index in [1.165, 1.54) is 24.0 Å². The van der Waals surface area contributed by atoms with Crippen molar-refractivity contribution in [3.63, 3.8) is 0 Å². The average Bonchev–Trinajstić information content (AvgIpc) is 3.25. The van der Waals surface area contributed by atoms with E-state index in [-0.39, 0.29) is 0 Å². The van der Waals surface area contributed by atoms with Crippen molar-refractivity contribution in [1.82, 2.24) is 4.90 Å². The number of carbonyl (C=O) groups is 1. The minimum absolute atomic E-state index is 0.388. The van der Waals surface area contributed by atoms with Crippen molar-refractivity contribution in [2.24, 2.45) is 5.92 Å². The van der Waals surface area contributed by atoms with Crippen LogP contribution in [0.5, 0.6) is 0 Å². The molecule has 0 radical (unpaired) electrons. The summed E-state index contributed by atoms with van der Waals surface area (Å²) in [6, 6.07) is 8.67. The lowest BCUT2D eigenvalue weighted by atomic mass is 10.0. The van der Waals surface area contributed by atoms with Gasteiger partial charge in [-0.15, -0.1) is 0 Å². The van der Waals surface area contributed by atoms with Gasteiger partial charge >= 0.3 is 0 Å². The van der Waals surface area contributed by atoms with E-state index in [0.29, 0.717) is 17.1 Å². The lowest BCUT2D eigenvalue weighted by Gasteiger charge is -2.20. The molecule has 1 saturated carbocycles. The van der Waals surface area contributed by atoms with E-state index in [4.69, 9.17) is 0 Å². The number of hydrogen-bond acceptors (Lipinski definition) is 2. The molecule has 20 heavy (non-hydrogen) atoms. The normalized spacial score (nSPS) is 23.4. The summed E-state index contributed by atoms with van der Waals surface area (Å²) in [6.45, 7) is 4.05. The van der Waals surface area contributed by atoms with Crippen molar-refractivity contribution in [3.8, 4) is 0 Å². The van der Waals surface area contributed by atoms with Gasteiger partial charge in [0.15, 0.2) is 0 Å². The van der Waals surface area contributed by atoms with Gasteiger partial charge in [-0.3, -0.25) is 4.79 Å². The summed E-state index contributed by atoms with van der Waals surface area (Å²) in [5.41, 5.74) is 2.83. The molecule has 2 fully saturated rings. The number of nitrogens with zero attached hydrogens (tertiary/aromatic N) is 1. The Balaban J connectivity index is 1.61. The lowest BCUT2D eigenvalue weighted by Crippen LogP contribution is -2.33. The van der Waals surface area contributed by atoms with Crippen LogP contribution in [0.4, 0.5) is 0 Å². The largest absolute Gasteiger partial charge is 0.342 e. The lowest BCUT2D eigenvalue weighted by molar-refractivity contribution is -0.131. The topological polar surface area (TPSA) is 20.3 Å². The standard InChI is InChI=1S/C17H23NOS/c1-13-4-2-3-5-15(13)16-8-9-18(10-11-20-16)17(19)12-14-6-7-14/h2-5,14,16H,6-12H2,1H3. The Kier molecular flexibility index (Phi) is 4.35. The maximum Gasteiger partial charge on any atom is 0.222 e. The second-order valence-electron chi connectivity index (χ2n) is 6.03. The molecule has 0 aromatic heterocycles. The Labute approximate surface area is 125 Å². The molecular weight excluding hydrogens is 266 g/mol. The molecule has 0 N–H and O–H groups in total. The molecule has 1 aliphatic carbocycles. The first-order chi connectivity index (χ1) is 9.74.